The van der Waals surface area contributed by atoms with E-state index in [1.165, 1.54) is 47.7 Å². The van der Waals surface area contributed by atoms with E-state index in [0.717, 1.165) is 11.5 Å². The Hall–Kier alpha value is -2.19. The molecule has 0 radical (unpaired) electrons. The smallest absolute Gasteiger partial charge is 0.333 e. The molecule has 1 N–H and O–H groups in total. The van der Waals surface area contributed by atoms with E-state index in [-0.39, 0.29) is 30.7 Å². The third-order valence-electron chi connectivity index (χ3n) is 6.43. The normalized spacial score (nSPS) is 24.5. The number of nitrogens with one attached hydrogen (secondary N) is 1. The fourth-order valence-electron chi connectivity index (χ4n) is 5.04. The Kier molecular flexibility index (Phi) is 6.77. The number of fused-ring (bicyclic) bond motifs is 2. The van der Waals surface area contributed by atoms with Crippen LogP contribution < -0.4 is 20.1 Å². The highest BCUT2D eigenvalue weighted by atomic mass is 32.1. The highest BCUT2D eigenvalue weighted by Crippen LogP contribution is 2.49. The number of hydrogen-bond donors (Lipinski definition) is 1. The third-order valence-corrected chi connectivity index (χ3v) is 8.19. The summed E-state index contributed by atoms with van der Waals surface area (Å²) in [5, 5.41) is 7.00. The molecule has 0 saturated heterocycles. The molecule has 2 aromatic heterocycles. The van der Waals surface area contributed by atoms with E-state index in [1.807, 2.05) is 16.8 Å². The van der Waals surface area contributed by atoms with E-state index in [1.54, 1.807) is 24.3 Å². The van der Waals surface area contributed by atoms with Gasteiger partial charge < -0.3 is 10.1 Å². The van der Waals surface area contributed by atoms with Gasteiger partial charge in [-0.2, -0.15) is 11.3 Å². The van der Waals surface area contributed by atoms with Gasteiger partial charge in [0.15, 0.2) is 0 Å². The molecule has 6 nitrogen and oxygen atoms in total. The van der Waals surface area contributed by atoms with Crippen molar-refractivity contribution in [2.24, 2.45) is 17.8 Å². The van der Waals surface area contributed by atoms with Crippen molar-refractivity contribution in [1.82, 2.24) is 9.88 Å². The Morgan fingerprint density at radius 3 is 2.84 bits per heavy atom. The largest absolute Gasteiger partial charge is 0.463 e. The fraction of sp³-hybridized carbons (Fsp3) is 0.522. The van der Waals surface area contributed by atoms with Gasteiger partial charge in [-0.15, -0.1) is 11.3 Å². The number of thiazole rings is 1. The van der Waals surface area contributed by atoms with Gasteiger partial charge in [-0.3, -0.25) is 14.2 Å². The van der Waals surface area contributed by atoms with Gasteiger partial charge in [0.1, 0.15) is 11.2 Å². The Morgan fingerprint density at radius 2 is 2.19 bits per heavy atom. The van der Waals surface area contributed by atoms with Crippen LogP contribution >= 0.6 is 22.7 Å². The van der Waals surface area contributed by atoms with Crippen molar-refractivity contribution in [2.45, 2.75) is 52.1 Å². The molecule has 2 aliphatic rings. The molecular formula is C23H28N2O4S2. The second kappa shape index (κ2) is 9.53. The van der Waals surface area contributed by atoms with E-state index < -0.39 is 5.97 Å². The van der Waals surface area contributed by atoms with E-state index in [4.69, 9.17) is 4.74 Å². The molecule has 2 fully saturated rings. The summed E-state index contributed by atoms with van der Waals surface area (Å²) in [6.45, 7) is 3.94. The van der Waals surface area contributed by atoms with Gasteiger partial charge >= 0.3 is 5.97 Å². The summed E-state index contributed by atoms with van der Waals surface area (Å²) in [6, 6.07) is 2.01. The first kappa shape index (κ1) is 22.0. The lowest BCUT2D eigenvalue weighted by Crippen LogP contribution is -2.44. The van der Waals surface area contributed by atoms with Crippen LogP contribution in [0.5, 0.6) is 0 Å². The Balaban J connectivity index is 1.57. The predicted octanol–water partition coefficient (Wildman–Crippen LogP) is 2.08. The van der Waals surface area contributed by atoms with Gasteiger partial charge in [0, 0.05) is 6.04 Å². The molecule has 0 aromatic carbocycles. The van der Waals surface area contributed by atoms with Crippen LogP contribution in [0.3, 0.4) is 0 Å². The first-order valence-electron chi connectivity index (χ1n) is 10.9. The number of aromatic nitrogens is 1. The van der Waals surface area contributed by atoms with Gasteiger partial charge in [-0.05, 0) is 79.3 Å². The molecule has 2 aromatic rings. The summed E-state index contributed by atoms with van der Waals surface area (Å²) in [5.41, 5.74) is 0.655. The first-order valence-corrected chi connectivity index (χ1v) is 12.6. The molecule has 2 bridgehead atoms. The number of thiophene rings is 1. The lowest BCUT2D eigenvalue weighted by molar-refractivity contribution is -0.135. The number of carbonyl (C=O) groups is 2. The van der Waals surface area contributed by atoms with Crippen LogP contribution in [-0.4, -0.2) is 29.1 Å². The second-order valence-electron chi connectivity index (χ2n) is 8.49. The standard InChI is InChI=1S/C23H28N2O4S2/c1-3-29-22(27)11-21-25(23(28)19(31-21)10-16-6-7-30-13-16)12-20(26)24-14(2)18-9-15-4-5-17(18)8-15/h6-7,10-11,13-15,17-18H,3-5,8-9,12H2,1-2H3,(H,24,26)/b19-10-,21-11-. The van der Waals surface area contributed by atoms with Gasteiger partial charge in [0.25, 0.3) is 5.56 Å². The van der Waals surface area contributed by atoms with Crippen LogP contribution in [0, 0.1) is 17.8 Å². The molecule has 8 heteroatoms. The average molecular weight is 461 g/mol. The van der Waals surface area contributed by atoms with Crippen LogP contribution in [0.15, 0.2) is 21.6 Å². The van der Waals surface area contributed by atoms with Crippen molar-refractivity contribution in [3.8, 4) is 0 Å². The summed E-state index contributed by atoms with van der Waals surface area (Å²) in [5.74, 6) is 1.33. The van der Waals surface area contributed by atoms with Gasteiger partial charge in [0.2, 0.25) is 5.91 Å². The van der Waals surface area contributed by atoms with Gasteiger partial charge in [-0.1, -0.05) is 6.42 Å². The van der Waals surface area contributed by atoms with Crippen molar-refractivity contribution in [1.29, 1.82) is 0 Å². The van der Waals surface area contributed by atoms with E-state index in [2.05, 4.69) is 12.2 Å². The number of esters is 1. The van der Waals surface area contributed by atoms with Crippen LogP contribution in [0.1, 0.15) is 45.1 Å². The van der Waals surface area contributed by atoms with Crippen molar-refractivity contribution in [2.75, 3.05) is 6.61 Å². The monoisotopic (exact) mass is 460 g/mol. The minimum Gasteiger partial charge on any atom is -0.463 e. The summed E-state index contributed by atoms with van der Waals surface area (Å²) >= 11 is 2.74. The average Bonchev–Trinajstić information content (AvgIpc) is 3.51. The number of nitrogens with zero attached hydrogens (tertiary/aromatic N) is 1. The Bertz CT molecular complexity index is 1120. The number of carbonyl (C=O) groups excluding carboxylic acids is 2. The highest BCUT2D eigenvalue weighted by molar-refractivity contribution is 7.08. The first-order chi connectivity index (χ1) is 14.9. The molecule has 0 spiro atoms. The van der Waals surface area contributed by atoms with E-state index >= 15 is 0 Å². The Labute approximate surface area is 189 Å². The quantitative estimate of drug-likeness (QED) is 0.642. The highest BCUT2D eigenvalue weighted by Gasteiger charge is 2.42. The third kappa shape index (κ3) is 5.01. The maximum absolute atomic E-state index is 13.0. The maximum atomic E-state index is 13.0. The van der Waals surface area contributed by atoms with Crippen LogP contribution in [0.4, 0.5) is 0 Å². The summed E-state index contributed by atoms with van der Waals surface area (Å²) < 4.78 is 7.30. The van der Waals surface area contributed by atoms with Crippen LogP contribution in [0.2, 0.25) is 0 Å². The second-order valence-corrected chi connectivity index (χ2v) is 10.3. The van der Waals surface area contributed by atoms with Gasteiger partial charge in [0.05, 0.1) is 17.2 Å². The zero-order valence-corrected chi connectivity index (χ0v) is 19.5. The summed E-state index contributed by atoms with van der Waals surface area (Å²) in [4.78, 5) is 37.9. The molecule has 4 atom stereocenters. The van der Waals surface area contributed by atoms with E-state index in [9.17, 15) is 14.4 Å². The summed E-state index contributed by atoms with van der Waals surface area (Å²) in [7, 11) is 0. The topological polar surface area (TPSA) is 77.4 Å². The molecule has 2 aliphatic carbocycles. The minimum absolute atomic E-state index is 0.0893. The number of hydrogen-bond acceptors (Lipinski definition) is 6. The lowest BCUT2D eigenvalue weighted by atomic mass is 9.84. The zero-order chi connectivity index (χ0) is 22.0. The van der Waals surface area contributed by atoms with Crippen molar-refractivity contribution in [3.63, 3.8) is 0 Å². The molecule has 166 valence electrons. The molecule has 0 aliphatic heterocycles. The van der Waals surface area contributed by atoms with Crippen LogP contribution in [-0.2, 0) is 20.9 Å². The summed E-state index contributed by atoms with van der Waals surface area (Å²) in [6.07, 6.45) is 8.15. The lowest BCUT2D eigenvalue weighted by Gasteiger charge is -2.28. The minimum atomic E-state index is -0.518. The SMILES string of the molecule is CCOC(=O)/C=c1\s/c(=C\c2ccsc2)c(=O)n1CC(=O)NC(C)C1CC2CCC1C2. The number of ether oxygens (including phenoxy) is 1. The zero-order valence-electron chi connectivity index (χ0n) is 17.8. The molecule has 2 saturated carbocycles. The molecule has 4 unspecified atom stereocenters. The molecule has 31 heavy (non-hydrogen) atoms. The number of amides is 1. The predicted molar refractivity (Wildman–Crippen MR) is 123 cm³/mol. The molecule has 2 heterocycles. The Morgan fingerprint density at radius 1 is 1.35 bits per heavy atom. The molecule has 1 amide bonds. The van der Waals surface area contributed by atoms with Crippen molar-refractivity contribution < 1.29 is 14.3 Å². The fourth-order valence-corrected chi connectivity index (χ4v) is 6.69. The number of rotatable bonds is 7. The maximum Gasteiger partial charge on any atom is 0.333 e. The molecule has 4 rings (SSSR count). The molecular weight excluding hydrogens is 432 g/mol. The van der Waals surface area contributed by atoms with Crippen molar-refractivity contribution >= 4 is 46.7 Å². The van der Waals surface area contributed by atoms with Crippen LogP contribution in [0.25, 0.3) is 12.2 Å². The van der Waals surface area contributed by atoms with Crippen molar-refractivity contribution in [3.05, 3.63) is 41.9 Å². The van der Waals surface area contributed by atoms with E-state index in [0.29, 0.717) is 21.0 Å². The van der Waals surface area contributed by atoms with Gasteiger partial charge in [-0.25, -0.2) is 4.79 Å².